The fourth-order valence-electron chi connectivity index (χ4n) is 4.01. The zero-order valence-corrected chi connectivity index (χ0v) is 16.8. The molecule has 8 heteroatoms. The van der Waals surface area contributed by atoms with Crippen molar-refractivity contribution in [1.29, 1.82) is 0 Å². The summed E-state index contributed by atoms with van der Waals surface area (Å²) in [6.07, 6.45) is 5.53. The van der Waals surface area contributed by atoms with Gasteiger partial charge in [0.05, 0.1) is 22.4 Å². The number of nitro benzene ring substituents is 1. The molecule has 2 atom stereocenters. The van der Waals surface area contributed by atoms with Crippen molar-refractivity contribution >= 4 is 40.5 Å². The molecule has 1 heterocycles. The van der Waals surface area contributed by atoms with Crippen LogP contribution in [0.25, 0.3) is 0 Å². The van der Waals surface area contributed by atoms with Crippen molar-refractivity contribution in [2.45, 2.75) is 19.3 Å². The molecular weight excluding hydrogens is 406 g/mol. The first kappa shape index (κ1) is 20.1. The average Bonchev–Trinajstić information content (AvgIpc) is 3.00. The molecule has 2 aromatic carbocycles. The monoisotopic (exact) mass is 425 g/mol. The number of amides is 2. The number of imide groups is 1. The van der Waals surface area contributed by atoms with E-state index in [0.29, 0.717) is 36.5 Å². The highest BCUT2D eigenvalue weighted by molar-refractivity contribution is 6.30. The van der Waals surface area contributed by atoms with Gasteiger partial charge in [0.1, 0.15) is 5.69 Å². The number of carbonyl (C=O) groups excluding carboxylic acids is 2. The molecule has 0 bridgehead atoms. The number of hydrogen-bond donors (Lipinski definition) is 1. The van der Waals surface area contributed by atoms with Crippen molar-refractivity contribution in [1.82, 2.24) is 0 Å². The van der Waals surface area contributed by atoms with E-state index in [1.165, 1.54) is 6.07 Å². The lowest BCUT2D eigenvalue weighted by Crippen LogP contribution is -2.30. The Kier molecular flexibility index (Phi) is 5.55. The van der Waals surface area contributed by atoms with Crippen molar-refractivity contribution in [3.63, 3.8) is 0 Å². The van der Waals surface area contributed by atoms with Gasteiger partial charge in [0.25, 0.3) is 5.69 Å². The number of hydrogen-bond acceptors (Lipinski definition) is 5. The van der Waals surface area contributed by atoms with Gasteiger partial charge < -0.3 is 5.32 Å². The van der Waals surface area contributed by atoms with Crippen LogP contribution < -0.4 is 10.2 Å². The molecule has 0 saturated carbocycles. The summed E-state index contributed by atoms with van der Waals surface area (Å²) in [5.74, 6) is -1.32. The van der Waals surface area contributed by atoms with Crippen LogP contribution in [0.15, 0.2) is 54.6 Å². The molecule has 1 fully saturated rings. The predicted molar refractivity (Wildman–Crippen MR) is 115 cm³/mol. The second-order valence-electron chi connectivity index (χ2n) is 7.43. The SMILES string of the molecule is O=C1[C@@H]2CC=CC[C@H]2C(=O)N1c1ccc(NCCc2ccc(Cl)cc2)c([N+](=O)[O-])c1. The molecular formula is C22H20ClN3O4. The van der Waals surface area contributed by atoms with E-state index >= 15 is 0 Å². The third-order valence-electron chi connectivity index (χ3n) is 5.59. The lowest BCUT2D eigenvalue weighted by Gasteiger charge is -2.16. The Balaban J connectivity index is 1.52. The first-order chi connectivity index (χ1) is 14.5. The molecule has 30 heavy (non-hydrogen) atoms. The Morgan fingerprint density at radius 2 is 1.67 bits per heavy atom. The first-order valence-electron chi connectivity index (χ1n) is 9.75. The second-order valence-corrected chi connectivity index (χ2v) is 7.87. The van der Waals surface area contributed by atoms with Gasteiger partial charge in [-0.1, -0.05) is 35.9 Å². The van der Waals surface area contributed by atoms with E-state index in [-0.39, 0.29) is 35.0 Å². The summed E-state index contributed by atoms with van der Waals surface area (Å²) in [5, 5.41) is 15.4. The van der Waals surface area contributed by atoms with Gasteiger partial charge in [0.15, 0.2) is 0 Å². The van der Waals surface area contributed by atoms with Crippen LogP contribution in [0.5, 0.6) is 0 Å². The summed E-state index contributed by atoms with van der Waals surface area (Å²) in [5.41, 5.74) is 1.47. The van der Waals surface area contributed by atoms with Gasteiger partial charge in [-0.15, -0.1) is 0 Å². The number of fused-ring (bicyclic) bond motifs is 1. The first-order valence-corrected chi connectivity index (χ1v) is 10.1. The molecule has 0 aromatic heterocycles. The van der Waals surface area contributed by atoms with E-state index in [1.807, 2.05) is 24.3 Å². The Hall–Kier alpha value is -3.19. The maximum Gasteiger partial charge on any atom is 0.294 e. The molecule has 2 aromatic rings. The normalized spacial score (nSPS) is 20.4. The third-order valence-corrected chi connectivity index (χ3v) is 5.84. The molecule has 2 amide bonds. The second kappa shape index (κ2) is 8.28. The lowest BCUT2D eigenvalue weighted by atomic mass is 9.85. The number of halogens is 1. The van der Waals surface area contributed by atoms with Crippen LogP contribution in [0.2, 0.25) is 5.02 Å². The topological polar surface area (TPSA) is 92.6 Å². The van der Waals surface area contributed by atoms with Crippen LogP contribution >= 0.6 is 11.6 Å². The fourth-order valence-corrected chi connectivity index (χ4v) is 4.13. The van der Waals surface area contributed by atoms with E-state index in [2.05, 4.69) is 5.32 Å². The average molecular weight is 426 g/mol. The minimum Gasteiger partial charge on any atom is -0.379 e. The van der Waals surface area contributed by atoms with Gasteiger partial charge in [0.2, 0.25) is 11.8 Å². The maximum atomic E-state index is 12.7. The molecule has 4 rings (SSSR count). The Morgan fingerprint density at radius 1 is 1.03 bits per heavy atom. The summed E-state index contributed by atoms with van der Waals surface area (Å²) in [7, 11) is 0. The minimum atomic E-state index is -0.506. The molecule has 1 N–H and O–H groups in total. The number of allylic oxidation sites excluding steroid dienone is 2. The summed E-state index contributed by atoms with van der Waals surface area (Å²) in [6.45, 7) is 0.485. The van der Waals surface area contributed by atoms with Gasteiger partial charge >= 0.3 is 0 Å². The quantitative estimate of drug-likeness (QED) is 0.321. The largest absolute Gasteiger partial charge is 0.379 e. The van der Waals surface area contributed by atoms with Crippen LogP contribution in [0.4, 0.5) is 17.1 Å². The summed E-state index contributed by atoms with van der Waals surface area (Å²) < 4.78 is 0. The molecule has 7 nitrogen and oxygen atoms in total. The molecule has 0 radical (unpaired) electrons. The van der Waals surface area contributed by atoms with Crippen LogP contribution in [0.1, 0.15) is 18.4 Å². The highest BCUT2D eigenvalue weighted by Crippen LogP contribution is 2.39. The van der Waals surface area contributed by atoms with Gasteiger partial charge in [-0.3, -0.25) is 19.7 Å². The van der Waals surface area contributed by atoms with Gasteiger partial charge in [0, 0.05) is 17.6 Å². The number of nitro groups is 1. The van der Waals surface area contributed by atoms with Gasteiger partial charge in [-0.25, -0.2) is 4.90 Å². The number of nitrogens with one attached hydrogen (secondary N) is 1. The highest BCUT2D eigenvalue weighted by atomic mass is 35.5. The molecule has 1 aliphatic carbocycles. The molecule has 2 aliphatic rings. The van der Waals surface area contributed by atoms with Crippen LogP contribution in [0, 0.1) is 22.0 Å². The summed E-state index contributed by atoms with van der Waals surface area (Å²) in [6, 6.07) is 11.8. The maximum absolute atomic E-state index is 12.7. The van der Waals surface area contributed by atoms with E-state index < -0.39 is 4.92 Å². The summed E-state index contributed by atoms with van der Waals surface area (Å²) >= 11 is 5.88. The standard InChI is InChI=1S/C22H20ClN3O4/c23-15-7-5-14(6-8-15)11-12-24-19-10-9-16(13-20(19)26(29)30)25-21(27)17-3-1-2-4-18(17)22(25)28/h1-2,5-10,13,17-18,24H,3-4,11-12H2/t17-,18-/m1/s1. The number of nitrogens with zero attached hydrogens (tertiary/aromatic N) is 2. The number of rotatable bonds is 6. The van der Waals surface area contributed by atoms with Crippen molar-refractivity contribution in [2.75, 3.05) is 16.8 Å². The smallest absolute Gasteiger partial charge is 0.294 e. The van der Waals surface area contributed by atoms with E-state index in [0.717, 1.165) is 10.5 Å². The summed E-state index contributed by atoms with van der Waals surface area (Å²) in [4.78, 5) is 37.7. The van der Waals surface area contributed by atoms with Crippen molar-refractivity contribution < 1.29 is 14.5 Å². The number of carbonyl (C=O) groups is 2. The molecule has 1 aliphatic heterocycles. The van der Waals surface area contributed by atoms with E-state index in [9.17, 15) is 19.7 Å². The zero-order valence-electron chi connectivity index (χ0n) is 16.1. The third kappa shape index (κ3) is 3.80. The van der Waals surface area contributed by atoms with Crippen molar-refractivity contribution in [2.24, 2.45) is 11.8 Å². The van der Waals surface area contributed by atoms with Crippen LogP contribution in [0.3, 0.4) is 0 Å². The molecule has 0 unspecified atom stereocenters. The predicted octanol–water partition coefficient (Wildman–Crippen LogP) is 4.36. The van der Waals surface area contributed by atoms with E-state index in [1.54, 1.807) is 24.3 Å². The molecule has 0 spiro atoms. The Labute approximate surface area is 178 Å². The van der Waals surface area contributed by atoms with Crippen LogP contribution in [-0.2, 0) is 16.0 Å². The van der Waals surface area contributed by atoms with Gasteiger partial charge in [-0.2, -0.15) is 0 Å². The molecule has 1 saturated heterocycles. The van der Waals surface area contributed by atoms with Crippen molar-refractivity contribution in [3.8, 4) is 0 Å². The zero-order chi connectivity index (χ0) is 21.3. The number of benzene rings is 2. The van der Waals surface area contributed by atoms with Crippen LogP contribution in [-0.4, -0.2) is 23.3 Å². The van der Waals surface area contributed by atoms with E-state index in [4.69, 9.17) is 11.6 Å². The Morgan fingerprint density at radius 3 is 2.27 bits per heavy atom. The minimum absolute atomic E-state index is 0.169. The fraction of sp³-hybridized carbons (Fsp3) is 0.273. The number of anilines is 2. The van der Waals surface area contributed by atoms with Gasteiger partial charge in [-0.05, 0) is 49.1 Å². The van der Waals surface area contributed by atoms with Crippen molar-refractivity contribution in [3.05, 3.63) is 75.3 Å². The Bertz CT molecular complexity index is 1010. The molecule has 154 valence electrons. The highest BCUT2D eigenvalue weighted by Gasteiger charge is 2.48. The lowest BCUT2D eigenvalue weighted by molar-refractivity contribution is -0.383.